The van der Waals surface area contributed by atoms with Gasteiger partial charge in [-0.2, -0.15) is 0 Å². The third-order valence-corrected chi connectivity index (χ3v) is 1.49. The minimum atomic E-state index is 0.498. The Morgan fingerprint density at radius 3 is 2.09 bits per heavy atom. The zero-order chi connectivity index (χ0) is 8.85. The molecule has 0 aromatic heterocycles. The topological polar surface area (TPSA) is 21.6 Å². The highest BCUT2D eigenvalue weighted by Gasteiger charge is 2.07. The predicted molar refractivity (Wildman–Crippen MR) is 48.7 cm³/mol. The highest BCUT2D eigenvalue weighted by Crippen LogP contribution is 2.09. The smallest absolute Gasteiger partial charge is 0.106 e. The summed E-state index contributed by atoms with van der Waals surface area (Å²) >= 11 is 0. The van der Waals surface area contributed by atoms with Crippen molar-refractivity contribution < 1.29 is 4.84 Å². The molecule has 0 aliphatic heterocycles. The summed E-state index contributed by atoms with van der Waals surface area (Å²) in [5, 5.41) is 3.98. The summed E-state index contributed by atoms with van der Waals surface area (Å²) in [4.78, 5) is 4.75. The molecule has 0 aromatic carbocycles. The van der Waals surface area contributed by atoms with Crippen LogP contribution in [0.15, 0.2) is 5.16 Å². The van der Waals surface area contributed by atoms with Gasteiger partial charge in [0.25, 0.3) is 0 Å². The lowest BCUT2D eigenvalue weighted by Gasteiger charge is -2.10. The molecule has 66 valence electrons. The molecular weight excluding hydrogens is 138 g/mol. The van der Waals surface area contributed by atoms with Crippen LogP contribution in [0.4, 0.5) is 0 Å². The second-order valence-corrected chi connectivity index (χ2v) is 3.52. The molecule has 0 spiro atoms. The van der Waals surface area contributed by atoms with E-state index in [1.807, 2.05) is 0 Å². The van der Waals surface area contributed by atoms with Crippen LogP contribution in [0.3, 0.4) is 0 Å². The zero-order valence-corrected chi connectivity index (χ0v) is 8.22. The first-order valence-electron chi connectivity index (χ1n) is 4.17. The number of rotatable bonds is 4. The van der Waals surface area contributed by atoms with Gasteiger partial charge in [-0.15, -0.1) is 0 Å². The second-order valence-electron chi connectivity index (χ2n) is 3.52. The van der Waals surface area contributed by atoms with Gasteiger partial charge in [-0.25, -0.2) is 0 Å². The average Bonchev–Trinajstić information content (AvgIpc) is 1.86. The van der Waals surface area contributed by atoms with E-state index in [-0.39, 0.29) is 0 Å². The summed E-state index contributed by atoms with van der Waals surface area (Å²) in [6.45, 7) is 8.65. The first kappa shape index (κ1) is 10.5. The summed E-state index contributed by atoms with van der Waals surface area (Å²) in [7, 11) is 1.60. The van der Waals surface area contributed by atoms with Gasteiger partial charge in [0.05, 0.1) is 5.71 Å². The van der Waals surface area contributed by atoms with E-state index in [2.05, 4.69) is 32.9 Å². The van der Waals surface area contributed by atoms with E-state index in [0.717, 1.165) is 12.1 Å². The van der Waals surface area contributed by atoms with Crippen LogP contribution < -0.4 is 0 Å². The largest absolute Gasteiger partial charge is 0.399 e. The highest BCUT2D eigenvalue weighted by molar-refractivity contribution is 5.85. The second kappa shape index (κ2) is 5.16. The number of nitrogens with zero attached hydrogens (tertiary/aromatic N) is 1. The zero-order valence-electron chi connectivity index (χ0n) is 8.22. The molecular formula is C9H19NO. The van der Waals surface area contributed by atoms with Crippen LogP contribution in [0.2, 0.25) is 0 Å². The van der Waals surface area contributed by atoms with Crippen molar-refractivity contribution in [2.75, 3.05) is 7.11 Å². The maximum atomic E-state index is 4.75. The van der Waals surface area contributed by atoms with Gasteiger partial charge in [0, 0.05) is 0 Å². The van der Waals surface area contributed by atoms with Gasteiger partial charge in [-0.05, 0) is 18.3 Å². The highest BCUT2D eigenvalue weighted by atomic mass is 16.6. The van der Waals surface area contributed by atoms with Crippen molar-refractivity contribution in [3.8, 4) is 0 Å². The van der Waals surface area contributed by atoms with Crippen molar-refractivity contribution in [1.82, 2.24) is 0 Å². The maximum Gasteiger partial charge on any atom is 0.106 e. The molecule has 0 aromatic rings. The molecule has 0 rings (SSSR count). The van der Waals surface area contributed by atoms with Gasteiger partial charge >= 0.3 is 0 Å². The Labute approximate surface area is 69.6 Å². The molecule has 0 saturated carbocycles. The summed E-state index contributed by atoms with van der Waals surface area (Å²) in [5.41, 5.74) is 1.16. The van der Waals surface area contributed by atoms with Crippen LogP contribution >= 0.6 is 0 Å². The van der Waals surface area contributed by atoms with E-state index in [9.17, 15) is 0 Å². The minimum absolute atomic E-state index is 0.498. The van der Waals surface area contributed by atoms with Gasteiger partial charge in [-0.1, -0.05) is 32.9 Å². The molecule has 2 nitrogen and oxygen atoms in total. The SMILES string of the molecule is CO/N=C(/CC(C)C)C(C)C. The van der Waals surface area contributed by atoms with E-state index < -0.39 is 0 Å². The van der Waals surface area contributed by atoms with E-state index in [4.69, 9.17) is 4.84 Å². The molecule has 0 fully saturated rings. The minimum Gasteiger partial charge on any atom is -0.399 e. The Kier molecular flexibility index (Phi) is 4.92. The van der Waals surface area contributed by atoms with E-state index >= 15 is 0 Å². The molecule has 0 aliphatic carbocycles. The third-order valence-electron chi connectivity index (χ3n) is 1.49. The van der Waals surface area contributed by atoms with E-state index in [1.165, 1.54) is 0 Å². The molecule has 0 bridgehead atoms. The van der Waals surface area contributed by atoms with Crippen molar-refractivity contribution >= 4 is 5.71 Å². The monoisotopic (exact) mass is 157 g/mol. The fraction of sp³-hybridized carbons (Fsp3) is 0.889. The van der Waals surface area contributed by atoms with Crippen LogP contribution in [0, 0.1) is 11.8 Å². The normalized spacial score (nSPS) is 12.8. The van der Waals surface area contributed by atoms with Crippen LogP contribution in [-0.2, 0) is 4.84 Å². The van der Waals surface area contributed by atoms with Crippen molar-refractivity contribution in [3.05, 3.63) is 0 Å². The van der Waals surface area contributed by atoms with Crippen molar-refractivity contribution in [2.24, 2.45) is 17.0 Å². The molecule has 11 heavy (non-hydrogen) atoms. The van der Waals surface area contributed by atoms with Crippen molar-refractivity contribution in [3.63, 3.8) is 0 Å². The summed E-state index contributed by atoms with van der Waals surface area (Å²) < 4.78 is 0. The molecule has 2 heteroatoms. The van der Waals surface area contributed by atoms with Gasteiger partial charge in [0.1, 0.15) is 7.11 Å². The first-order valence-corrected chi connectivity index (χ1v) is 4.17. The lowest BCUT2D eigenvalue weighted by Crippen LogP contribution is -2.11. The summed E-state index contributed by atoms with van der Waals surface area (Å²) in [6.07, 6.45) is 1.03. The Balaban J connectivity index is 4.01. The van der Waals surface area contributed by atoms with Crippen LogP contribution in [0.1, 0.15) is 34.1 Å². The molecule has 0 atom stereocenters. The summed E-state index contributed by atoms with van der Waals surface area (Å²) in [6, 6.07) is 0. The maximum absolute atomic E-state index is 4.75. The van der Waals surface area contributed by atoms with Crippen LogP contribution in [0.5, 0.6) is 0 Å². The summed E-state index contributed by atoms with van der Waals surface area (Å²) in [5.74, 6) is 1.16. The molecule has 0 amide bonds. The predicted octanol–water partition coefficient (Wildman–Crippen LogP) is 2.69. The molecule has 0 saturated heterocycles. The average molecular weight is 157 g/mol. The van der Waals surface area contributed by atoms with E-state index in [0.29, 0.717) is 11.8 Å². The standard InChI is InChI=1S/C9H19NO/c1-7(2)6-9(8(3)4)10-11-5/h7-8H,6H2,1-5H3/b10-9-. The van der Waals surface area contributed by atoms with Crippen LogP contribution in [0.25, 0.3) is 0 Å². The Hall–Kier alpha value is -0.530. The fourth-order valence-corrected chi connectivity index (χ4v) is 0.914. The fourth-order valence-electron chi connectivity index (χ4n) is 0.914. The first-order chi connectivity index (χ1) is 5.07. The lowest BCUT2D eigenvalue weighted by molar-refractivity contribution is 0.210. The quantitative estimate of drug-likeness (QED) is 0.454. The number of hydrogen-bond donors (Lipinski definition) is 0. The molecule has 0 radical (unpaired) electrons. The van der Waals surface area contributed by atoms with Gasteiger partial charge in [0.15, 0.2) is 0 Å². The lowest BCUT2D eigenvalue weighted by atomic mass is 9.98. The van der Waals surface area contributed by atoms with Gasteiger partial charge < -0.3 is 4.84 Å². The van der Waals surface area contributed by atoms with E-state index in [1.54, 1.807) is 7.11 Å². The van der Waals surface area contributed by atoms with Gasteiger partial charge in [-0.3, -0.25) is 0 Å². The van der Waals surface area contributed by atoms with Crippen LogP contribution in [-0.4, -0.2) is 12.8 Å². The number of oxime groups is 1. The molecule has 0 heterocycles. The Morgan fingerprint density at radius 2 is 1.82 bits per heavy atom. The number of hydrogen-bond acceptors (Lipinski definition) is 2. The molecule has 0 N–H and O–H groups in total. The van der Waals surface area contributed by atoms with Gasteiger partial charge in [0.2, 0.25) is 0 Å². The van der Waals surface area contributed by atoms with Crippen molar-refractivity contribution in [1.29, 1.82) is 0 Å². The Bertz CT molecular complexity index is 128. The van der Waals surface area contributed by atoms with Crippen molar-refractivity contribution in [2.45, 2.75) is 34.1 Å². The Morgan fingerprint density at radius 1 is 1.27 bits per heavy atom. The molecule has 0 aliphatic rings. The third kappa shape index (κ3) is 4.82. The molecule has 0 unspecified atom stereocenters.